The Morgan fingerprint density at radius 2 is 1.68 bits per heavy atom. The van der Waals surface area contributed by atoms with E-state index in [2.05, 4.69) is 12.2 Å². The van der Waals surface area contributed by atoms with E-state index in [0.29, 0.717) is 18.6 Å². The fourth-order valence-electron chi connectivity index (χ4n) is 6.91. The van der Waals surface area contributed by atoms with Crippen molar-refractivity contribution in [3.8, 4) is 0 Å². The van der Waals surface area contributed by atoms with E-state index in [4.69, 9.17) is 0 Å². The molecular weight excluding hydrogens is 568 g/mol. The normalized spacial score (nSPS) is 24.2. The number of rotatable bonds is 4. The van der Waals surface area contributed by atoms with Gasteiger partial charge in [0.15, 0.2) is 9.84 Å². The first-order valence-corrected chi connectivity index (χ1v) is 16.1. The highest BCUT2D eigenvalue weighted by molar-refractivity contribution is 7.98. The summed E-state index contributed by atoms with van der Waals surface area (Å²) in [5.41, 5.74) is 1.44. The van der Waals surface area contributed by atoms with E-state index in [-0.39, 0.29) is 18.3 Å². The first-order valence-electron chi connectivity index (χ1n) is 13.4. The van der Waals surface area contributed by atoms with Crippen LogP contribution in [-0.4, -0.2) is 19.4 Å². The minimum absolute atomic E-state index is 0.158. The largest absolute Gasteiger partial charge is 0.416 e. The van der Waals surface area contributed by atoms with E-state index in [1.807, 2.05) is 66.9 Å². The second-order valence-electron chi connectivity index (χ2n) is 11.2. The number of hydrogen-bond acceptors (Lipinski definition) is 3. The van der Waals surface area contributed by atoms with E-state index in [1.165, 1.54) is 0 Å². The summed E-state index contributed by atoms with van der Waals surface area (Å²) in [4.78, 5) is 0.442. The number of allylic oxidation sites excluding steroid dienone is 1. The Kier molecular flexibility index (Phi) is 6.85. The van der Waals surface area contributed by atoms with E-state index in [1.54, 1.807) is 18.7 Å². The third-order valence-electron chi connectivity index (χ3n) is 8.85. The molecule has 2 aliphatic rings. The summed E-state index contributed by atoms with van der Waals surface area (Å²) in [6.07, 6.45) is 2.08. The summed E-state index contributed by atoms with van der Waals surface area (Å²) >= 11 is 1.61. The van der Waals surface area contributed by atoms with Gasteiger partial charge < -0.3 is 0 Å². The van der Waals surface area contributed by atoms with Crippen LogP contribution in [-0.2, 0) is 16.0 Å². The van der Waals surface area contributed by atoms with Gasteiger partial charge in [0.1, 0.15) is 5.82 Å². The van der Waals surface area contributed by atoms with Crippen LogP contribution in [0.3, 0.4) is 0 Å². The number of thioether (sulfide) groups is 1. The summed E-state index contributed by atoms with van der Waals surface area (Å²) in [6, 6.07) is 21.4. The Hall–Kier alpha value is -3.10. The first kappa shape index (κ1) is 28.0. The standard InChI is InChI=1S/C33H28F4O2S2/c1-32(41(38,39)27-17-24(33(35,36)37)16-25(34)18-27)19-23(20-7-11-26(40-2)12-8-20)15-22-10-13-29-28-6-4-3-5-21(28)9-14-30(29)31(22)32/h3-14,16-18,22-23,31H,15,19H2,1-2H3. The van der Waals surface area contributed by atoms with Gasteiger partial charge in [0.2, 0.25) is 0 Å². The van der Waals surface area contributed by atoms with Crippen LogP contribution in [0.5, 0.6) is 0 Å². The zero-order valence-corrected chi connectivity index (χ0v) is 24.1. The molecule has 1 fully saturated rings. The van der Waals surface area contributed by atoms with Crippen LogP contribution >= 0.6 is 11.8 Å². The molecule has 212 valence electrons. The van der Waals surface area contributed by atoms with Crippen molar-refractivity contribution in [3.63, 3.8) is 0 Å². The lowest BCUT2D eigenvalue weighted by molar-refractivity contribution is -0.137. The van der Waals surface area contributed by atoms with Gasteiger partial charge in [-0.2, -0.15) is 13.2 Å². The average molecular weight is 597 g/mol. The molecule has 0 radical (unpaired) electrons. The first-order chi connectivity index (χ1) is 19.4. The van der Waals surface area contributed by atoms with Gasteiger partial charge in [-0.1, -0.05) is 60.7 Å². The van der Waals surface area contributed by atoms with Gasteiger partial charge >= 0.3 is 6.18 Å². The highest BCUT2D eigenvalue weighted by atomic mass is 32.2. The van der Waals surface area contributed by atoms with Gasteiger partial charge in [-0.3, -0.25) is 0 Å². The van der Waals surface area contributed by atoms with E-state index < -0.39 is 43.0 Å². The maximum atomic E-state index is 14.6. The molecule has 0 spiro atoms. The molecule has 0 aromatic heterocycles. The Bertz CT molecular complexity index is 1780. The summed E-state index contributed by atoms with van der Waals surface area (Å²) in [5, 5.41) is 2.00. The number of halogens is 4. The van der Waals surface area contributed by atoms with Gasteiger partial charge in [0.05, 0.1) is 15.2 Å². The van der Waals surface area contributed by atoms with Crippen molar-refractivity contribution in [1.82, 2.24) is 0 Å². The maximum Gasteiger partial charge on any atom is 0.416 e. The summed E-state index contributed by atoms with van der Waals surface area (Å²) in [5.74, 6) is -2.10. The van der Waals surface area contributed by atoms with E-state index >= 15 is 0 Å². The highest BCUT2D eigenvalue weighted by Crippen LogP contribution is 2.58. The van der Waals surface area contributed by atoms with Gasteiger partial charge in [0.25, 0.3) is 0 Å². The summed E-state index contributed by atoms with van der Waals surface area (Å²) < 4.78 is 83.2. The second-order valence-corrected chi connectivity index (χ2v) is 14.5. The Balaban J connectivity index is 1.55. The minimum atomic E-state index is -4.89. The van der Waals surface area contributed by atoms with Crippen molar-refractivity contribution in [3.05, 3.63) is 113 Å². The number of hydrogen-bond donors (Lipinski definition) is 0. The Labute approximate surface area is 241 Å². The van der Waals surface area contributed by atoms with Crippen LogP contribution in [0.1, 0.15) is 53.9 Å². The summed E-state index contributed by atoms with van der Waals surface area (Å²) in [7, 11) is -4.46. The zero-order valence-electron chi connectivity index (χ0n) is 22.5. The predicted molar refractivity (Wildman–Crippen MR) is 156 cm³/mol. The molecule has 6 rings (SSSR count). The molecule has 1 saturated carbocycles. The lowest BCUT2D eigenvalue weighted by Gasteiger charge is -2.50. The van der Waals surface area contributed by atoms with Crippen molar-refractivity contribution in [2.45, 2.75) is 52.3 Å². The molecule has 0 aliphatic heterocycles. The molecule has 4 atom stereocenters. The second kappa shape index (κ2) is 10.0. The van der Waals surface area contributed by atoms with E-state index in [0.717, 1.165) is 38.4 Å². The topological polar surface area (TPSA) is 34.1 Å². The molecule has 41 heavy (non-hydrogen) atoms. The fourth-order valence-corrected chi connectivity index (χ4v) is 9.47. The van der Waals surface area contributed by atoms with Crippen LogP contribution in [0, 0.1) is 11.7 Å². The number of alkyl halides is 3. The van der Waals surface area contributed by atoms with Crippen LogP contribution in [0.25, 0.3) is 16.8 Å². The van der Waals surface area contributed by atoms with Crippen molar-refractivity contribution in [2.75, 3.05) is 6.26 Å². The average Bonchev–Trinajstić information content (AvgIpc) is 2.95. The third kappa shape index (κ3) is 4.69. The van der Waals surface area contributed by atoms with Crippen LogP contribution in [0.2, 0.25) is 0 Å². The molecular formula is C33H28F4O2S2. The maximum absolute atomic E-state index is 14.6. The highest BCUT2D eigenvalue weighted by Gasteiger charge is 2.55. The molecule has 0 heterocycles. The Morgan fingerprint density at radius 3 is 2.39 bits per heavy atom. The molecule has 0 saturated heterocycles. The van der Waals surface area contributed by atoms with Gasteiger partial charge in [0, 0.05) is 10.8 Å². The predicted octanol–water partition coefficient (Wildman–Crippen LogP) is 9.26. The zero-order chi connectivity index (χ0) is 29.2. The lowest BCUT2D eigenvalue weighted by Crippen LogP contribution is -2.49. The number of benzene rings is 4. The lowest BCUT2D eigenvalue weighted by atomic mass is 9.61. The van der Waals surface area contributed by atoms with Crippen LogP contribution in [0.15, 0.2) is 94.7 Å². The third-order valence-corrected chi connectivity index (χ3v) is 12.1. The van der Waals surface area contributed by atoms with Crippen molar-refractivity contribution >= 4 is 38.4 Å². The van der Waals surface area contributed by atoms with Gasteiger partial charge in [-0.15, -0.1) is 11.8 Å². The monoisotopic (exact) mass is 596 g/mol. The number of sulfone groups is 1. The molecule has 0 N–H and O–H groups in total. The smallest absolute Gasteiger partial charge is 0.223 e. The quantitative estimate of drug-likeness (QED) is 0.174. The summed E-state index contributed by atoms with van der Waals surface area (Å²) in [6.45, 7) is 1.64. The molecule has 4 unspecified atom stereocenters. The van der Waals surface area contributed by atoms with Crippen molar-refractivity contribution in [1.29, 1.82) is 0 Å². The molecule has 0 bridgehead atoms. The van der Waals surface area contributed by atoms with Crippen molar-refractivity contribution < 1.29 is 26.0 Å². The Morgan fingerprint density at radius 1 is 0.951 bits per heavy atom. The van der Waals surface area contributed by atoms with Crippen molar-refractivity contribution in [2.24, 2.45) is 5.92 Å². The molecule has 2 nitrogen and oxygen atoms in total. The SMILES string of the molecule is CSc1ccc(C2CC3C=Cc4c(ccc5ccccc45)C3C(C)(S(=O)(=O)c3cc(F)cc(C(F)(F)F)c3)C2)cc1. The fraction of sp³-hybridized carbons (Fsp3) is 0.273. The molecule has 8 heteroatoms. The van der Waals surface area contributed by atoms with E-state index in [9.17, 15) is 26.0 Å². The van der Waals surface area contributed by atoms with Gasteiger partial charge in [-0.05, 0) is 95.7 Å². The number of fused-ring (bicyclic) bond motifs is 5. The van der Waals surface area contributed by atoms with Gasteiger partial charge in [-0.25, -0.2) is 12.8 Å². The molecule has 0 amide bonds. The molecule has 4 aromatic carbocycles. The molecule has 4 aromatic rings. The van der Waals surface area contributed by atoms with Crippen LogP contribution < -0.4 is 0 Å². The van der Waals surface area contributed by atoms with Crippen LogP contribution in [0.4, 0.5) is 17.6 Å². The molecule has 2 aliphatic carbocycles. The minimum Gasteiger partial charge on any atom is -0.223 e.